The molecule has 0 aliphatic heterocycles. The fraction of sp³-hybridized carbons (Fsp3) is 0.200. The van der Waals surface area contributed by atoms with Crippen LogP contribution in [0.4, 0.5) is 10.5 Å². The smallest absolute Gasteiger partial charge is 0.412 e. The van der Waals surface area contributed by atoms with Gasteiger partial charge in [0.2, 0.25) is 0 Å². The van der Waals surface area contributed by atoms with E-state index in [9.17, 15) is 14.7 Å². The van der Waals surface area contributed by atoms with E-state index in [1.165, 1.54) is 28.9 Å². The van der Waals surface area contributed by atoms with Crippen LogP contribution in [0.25, 0.3) is 9.40 Å². The Hall–Kier alpha value is -3.74. The fourth-order valence-corrected chi connectivity index (χ4v) is 6.05. The fourth-order valence-electron chi connectivity index (χ4n) is 3.56. The summed E-state index contributed by atoms with van der Waals surface area (Å²) < 4.78 is 7.51. The Balaban J connectivity index is 1.30. The molecule has 1 saturated carbocycles. The van der Waals surface area contributed by atoms with Crippen LogP contribution < -0.4 is 5.32 Å². The highest BCUT2D eigenvalue weighted by molar-refractivity contribution is 7.28. The van der Waals surface area contributed by atoms with E-state index in [4.69, 9.17) is 4.74 Å². The molecule has 0 saturated heterocycles. The maximum atomic E-state index is 12.4. The van der Waals surface area contributed by atoms with Crippen LogP contribution in [0.15, 0.2) is 54.7 Å². The molecule has 0 bridgehead atoms. The summed E-state index contributed by atoms with van der Waals surface area (Å²) >= 11 is 3.02. The number of carboxylic acid groups (broad SMARTS) is 1. The number of fused-ring (bicyclic) bond motifs is 1. The standard InChI is InChI=1S/C25H19N3O4S2/c1-15(16-5-3-2-4-6-16)32-24(31)27-18-9-12-26-28-19(18)8-7-17-13-20-21(33-17)14-22(34-20)25(10-11-25)23(29)30/h2-6,9,12-15H,10-11H2,1H3,(H,29,30)(H,26,27,31). The van der Waals surface area contributed by atoms with Crippen molar-refractivity contribution in [2.45, 2.75) is 31.3 Å². The van der Waals surface area contributed by atoms with E-state index in [0.717, 1.165) is 24.7 Å². The summed E-state index contributed by atoms with van der Waals surface area (Å²) in [7, 11) is 0. The molecule has 1 fully saturated rings. The molecular formula is C25H19N3O4S2. The van der Waals surface area contributed by atoms with E-state index < -0.39 is 23.6 Å². The third-order valence-electron chi connectivity index (χ3n) is 5.65. The molecule has 5 rings (SSSR count). The summed E-state index contributed by atoms with van der Waals surface area (Å²) in [4.78, 5) is 25.7. The van der Waals surface area contributed by atoms with Crippen LogP contribution in [-0.2, 0) is 14.9 Å². The first-order chi connectivity index (χ1) is 16.4. The van der Waals surface area contributed by atoms with Gasteiger partial charge in [0.05, 0.1) is 16.8 Å². The van der Waals surface area contributed by atoms with Gasteiger partial charge in [-0.25, -0.2) is 4.79 Å². The van der Waals surface area contributed by atoms with Crippen LogP contribution in [0.3, 0.4) is 0 Å². The van der Waals surface area contributed by atoms with E-state index >= 15 is 0 Å². The monoisotopic (exact) mass is 489 g/mol. The molecule has 1 aliphatic carbocycles. The number of carboxylic acids is 1. The summed E-state index contributed by atoms with van der Waals surface area (Å²) in [5.74, 6) is 5.30. The van der Waals surface area contributed by atoms with E-state index in [0.29, 0.717) is 24.2 Å². The Bertz CT molecular complexity index is 1410. The number of rotatable bonds is 5. The number of ether oxygens (including phenoxy) is 1. The van der Waals surface area contributed by atoms with Gasteiger partial charge < -0.3 is 9.84 Å². The van der Waals surface area contributed by atoms with Crippen molar-refractivity contribution in [2.24, 2.45) is 0 Å². The molecule has 1 aliphatic rings. The zero-order valence-corrected chi connectivity index (χ0v) is 19.7. The quantitative estimate of drug-likeness (QED) is 0.355. The van der Waals surface area contributed by atoms with Crippen LogP contribution in [-0.4, -0.2) is 27.4 Å². The topological polar surface area (TPSA) is 101 Å². The third-order valence-corrected chi connectivity index (χ3v) is 8.07. The first-order valence-electron chi connectivity index (χ1n) is 10.6. The van der Waals surface area contributed by atoms with Crippen molar-refractivity contribution in [3.8, 4) is 11.8 Å². The van der Waals surface area contributed by atoms with Crippen molar-refractivity contribution in [1.29, 1.82) is 0 Å². The number of anilines is 1. The molecule has 3 aromatic heterocycles. The van der Waals surface area contributed by atoms with Crippen molar-refractivity contribution in [2.75, 3.05) is 5.32 Å². The van der Waals surface area contributed by atoms with Crippen LogP contribution in [0.1, 0.15) is 46.9 Å². The Kier molecular flexibility index (Phi) is 5.77. The number of hydrogen-bond donors (Lipinski definition) is 2. The van der Waals surface area contributed by atoms with Gasteiger partial charge >= 0.3 is 12.1 Å². The highest BCUT2D eigenvalue weighted by Gasteiger charge is 2.53. The van der Waals surface area contributed by atoms with Crippen LogP contribution in [0, 0.1) is 11.8 Å². The molecule has 1 atom stereocenters. The minimum Gasteiger partial charge on any atom is -0.481 e. The number of nitrogens with one attached hydrogen (secondary N) is 1. The molecular weight excluding hydrogens is 470 g/mol. The Morgan fingerprint density at radius 3 is 2.59 bits per heavy atom. The summed E-state index contributed by atoms with van der Waals surface area (Å²) in [5, 5.41) is 20.1. The van der Waals surface area contributed by atoms with Gasteiger partial charge in [-0.1, -0.05) is 30.3 Å². The lowest BCUT2D eigenvalue weighted by Gasteiger charge is -2.14. The first-order valence-corrected chi connectivity index (χ1v) is 12.2. The van der Waals surface area contributed by atoms with Crippen molar-refractivity contribution in [3.05, 3.63) is 75.7 Å². The highest BCUT2D eigenvalue weighted by atomic mass is 32.1. The second kappa shape index (κ2) is 8.89. The van der Waals surface area contributed by atoms with E-state index in [2.05, 4.69) is 27.4 Å². The SMILES string of the molecule is CC(OC(=O)Nc1ccnnc1C#Cc1cc2sc(C3(C(=O)O)CC3)cc2s1)c1ccccc1. The van der Waals surface area contributed by atoms with Gasteiger partial charge in [0.25, 0.3) is 0 Å². The molecule has 0 spiro atoms. The molecule has 7 nitrogen and oxygen atoms in total. The number of thiophene rings is 2. The van der Waals surface area contributed by atoms with Crippen molar-refractivity contribution >= 4 is 49.8 Å². The molecule has 4 aromatic rings. The van der Waals surface area contributed by atoms with Gasteiger partial charge in [0.15, 0.2) is 5.69 Å². The van der Waals surface area contributed by atoms with Crippen LogP contribution >= 0.6 is 22.7 Å². The minimum absolute atomic E-state index is 0.326. The summed E-state index contributed by atoms with van der Waals surface area (Å²) in [5.41, 5.74) is 0.933. The number of amides is 1. The first kappa shape index (κ1) is 22.1. The highest BCUT2D eigenvalue weighted by Crippen LogP contribution is 2.52. The van der Waals surface area contributed by atoms with Crippen molar-refractivity contribution in [3.63, 3.8) is 0 Å². The van der Waals surface area contributed by atoms with E-state index in [1.54, 1.807) is 13.0 Å². The van der Waals surface area contributed by atoms with Gasteiger partial charge in [0, 0.05) is 14.3 Å². The lowest BCUT2D eigenvalue weighted by atomic mass is 10.1. The zero-order valence-electron chi connectivity index (χ0n) is 18.1. The predicted molar refractivity (Wildman–Crippen MR) is 131 cm³/mol. The zero-order chi connectivity index (χ0) is 23.7. The second-order valence-electron chi connectivity index (χ2n) is 7.96. The minimum atomic E-state index is -0.749. The molecule has 170 valence electrons. The maximum Gasteiger partial charge on any atom is 0.412 e. The normalized spacial score (nSPS) is 14.6. The van der Waals surface area contributed by atoms with Gasteiger partial charge in [-0.05, 0) is 55.4 Å². The maximum absolute atomic E-state index is 12.4. The third kappa shape index (κ3) is 4.38. The Morgan fingerprint density at radius 2 is 1.88 bits per heavy atom. The average Bonchev–Trinajstić information content (AvgIpc) is 3.42. The summed E-state index contributed by atoms with van der Waals surface area (Å²) in [6.07, 6.45) is 1.84. The molecule has 2 N–H and O–H groups in total. The lowest BCUT2D eigenvalue weighted by Crippen LogP contribution is -2.17. The number of hydrogen-bond acceptors (Lipinski definition) is 7. The molecule has 3 heterocycles. The number of aromatic nitrogens is 2. The average molecular weight is 490 g/mol. The predicted octanol–water partition coefficient (Wildman–Crippen LogP) is 5.58. The number of aliphatic carboxylic acids is 1. The molecule has 1 amide bonds. The number of carbonyl (C=O) groups excluding carboxylic acids is 1. The molecule has 1 aromatic carbocycles. The second-order valence-corrected chi connectivity index (χ2v) is 10.1. The number of carbonyl (C=O) groups is 2. The molecule has 1 unspecified atom stereocenters. The van der Waals surface area contributed by atoms with E-state index in [-0.39, 0.29) is 0 Å². The largest absolute Gasteiger partial charge is 0.481 e. The van der Waals surface area contributed by atoms with Crippen molar-refractivity contribution < 1.29 is 19.4 Å². The van der Waals surface area contributed by atoms with Crippen LogP contribution in [0.5, 0.6) is 0 Å². The molecule has 9 heteroatoms. The van der Waals surface area contributed by atoms with Gasteiger partial charge in [-0.3, -0.25) is 10.1 Å². The van der Waals surface area contributed by atoms with Crippen LogP contribution in [0.2, 0.25) is 0 Å². The number of nitrogens with zero attached hydrogens (tertiary/aromatic N) is 2. The van der Waals surface area contributed by atoms with Gasteiger partial charge in [0.1, 0.15) is 11.5 Å². The summed E-state index contributed by atoms with van der Waals surface area (Å²) in [6, 6.07) is 15.0. The number of benzene rings is 1. The van der Waals surface area contributed by atoms with E-state index in [1.807, 2.05) is 42.5 Å². The lowest BCUT2D eigenvalue weighted by molar-refractivity contribution is -0.139. The molecule has 34 heavy (non-hydrogen) atoms. The Labute approximate surface area is 203 Å². The van der Waals surface area contributed by atoms with Gasteiger partial charge in [-0.15, -0.1) is 27.8 Å². The Morgan fingerprint density at radius 1 is 1.12 bits per heavy atom. The van der Waals surface area contributed by atoms with Gasteiger partial charge in [-0.2, -0.15) is 5.10 Å². The summed E-state index contributed by atoms with van der Waals surface area (Å²) in [6.45, 7) is 1.80. The molecule has 0 radical (unpaired) electrons. The van der Waals surface area contributed by atoms with Crippen molar-refractivity contribution in [1.82, 2.24) is 10.2 Å².